The Hall–Kier alpha value is -0.880. The molecule has 0 saturated carbocycles. The monoisotopic (exact) mass is 503 g/mol. The SMILES string of the molecule is CCOCCN(CCOCCOCCO)S(=O)(=O)C(F)(F)C(F)(F)C(F)(F)C(F)(F)F. The van der Waals surface area contributed by atoms with Gasteiger partial charge >= 0.3 is 23.3 Å². The Morgan fingerprint density at radius 1 is 0.742 bits per heavy atom. The minimum atomic E-state index is -7.34. The molecule has 0 aromatic carbocycles. The Morgan fingerprint density at radius 2 is 1.19 bits per heavy atom. The number of halogens is 9. The Kier molecular flexibility index (Phi) is 11.5. The zero-order chi connectivity index (χ0) is 24.6. The number of aliphatic hydroxyl groups excluding tert-OH is 1. The third-order valence-electron chi connectivity index (χ3n) is 3.56. The summed E-state index contributed by atoms with van der Waals surface area (Å²) in [5.74, 6) is -14.7. The van der Waals surface area contributed by atoms with E-state index in [1.165, 1.54) is 6.92 Å². The average molecular weight is 503 g/mol. The van der Waals surface area contributed by atoms with Gasteiger partial charge in [0.05, 0.1) is 39.6 Å². The lowest BCUT2D eigenvalue weighted by Gasteiger charge is -2.35. The molecule has 0 amide bonds. The lowest BCUT2D eigenvalue weighted by Crippen LogP contribution is -2.65. The maximum absolute atomic E-state index is 14.0. The van der Waals surface area contributed by atoms with Crippen molar-refractivity contribution in [3.05, 3.63) is 0 Å². The molecule has 0 bridgehead atoms. The summed E-state index contributed by atoms with van der Waals surface area (Å²) in [6.07, 6.45) is -7.15. The van der Waals surface area contributed by atoms with Gasteiger partial charge in [0.15, 0.2) is 0 Å². The first-order valence-electron chi connectivity index (χ1n) is 8.56. The van der Waals surface area contributed by atoms with Crippen LogP contribution in [0.2, 0.25) is 0 Å². The molecule has 0 rings (SSSR count). The Bertz CT molecular complexity index is 630. The van der Waals surface area contributed by atoms with Crippen molar-refractivity contribution < 1.29 is 67.2 Å². The first-order valence-corrected chi connectivity index (χ1v) is 10.00. The number of rotatable bonds is 16. The first kappa shape index (κ1) is 30.1. The smallest absolute Gasteiger partial charge is 0.394 e. The predicted molar refractivity (Wildman–Crippen MR) is 86.6 cm³/mol. The van der Waals surface area contributed by atoms with E-state index < -0.39 is 63.9 Å². The van der Waals surface area contributed by atoms with Crippen molar-refractivity contribution in [1.29, 1.82) is 0 Å². The van der Waals surface area contributed by atoms with Gasteiger partial charge in [-0.25, -0.2) is 8.42 Å². The molecule has 0 unspecified atom stereocenters. The van der Waals surface area contributed by atoms with E-state index in [2.05, 4.69) is 0 Å². The summed E-state index contributed by atoms with van der Waals surface area (Å²) in [5.41, 5.74) is 0. The fourth-order valence-electron chi connectivity index (χ4n) is 1.90. The fraction of sp³-hybridized carbons (Fsp3) is 1.00. The summed E-state index contributed by atoms with van der Waals surface area (Å²) in [6, 6.07) is 0. The maximum atomic E-state index is 14.0. The van der Waals surface area contributed by atoms with Gasteiger partial charge in [-0.15, -0.1) is 0 Å². The second kappa shape index (κ2) is 11.8. The van der Waals surface area contributed by atoms with Crippen molar-refractivity contribution in [3.63, 3.8) is 0 Å². The molecule has 0 fully saturated rings. The van der Waals surface area contributed by atoms with Gasteiger partial charge in [0.2, 0.25) is 0 Å². The van der Waals surface area contributed by atoms with Gasteiger partial charge in [-0.3, -0.25) is 0 Å². The Morgan fingerprint density at radius 3 is 1.61 bits per heavy atom. The summed E-state index contributed by atoms with van der Waals surface area (Å²) in [6.45, 7) is -2.94. The molecule has 188 valence electrons. The van der Waals surface area contributed by atoms with Crippen molar-refractivity contribution in [2.75, 3.05) is 59.3 Å². The second-order valence-electron chi connectivity index (χ2n) is 5.71. The lowest BCUT2D eigenvalue weighted by molar-refractivity contribution is -0.382. The van der Waals surface area contributed by atoms with Crippen molar-refractivity contribution >= 4 is 10.0 Å². The van der Waals surface area contributed by atoms with Crippen LogP contribution >= 0.6 is 0 Å². The summed E-state index contributed by atoms with van der Waals surface area (Å²) in [4.78, 5) is 0. The van der Waals surface area contributed by atoms with Gasteiger partial charge in [0.25, 0.3) is 10.0 Å². The summed E-state index contributed by atoms with van der Waals surface area (Å²) in [7, 11) is -6.74. The van der Waals surface area contributed by atoms with Crippen LogP contribution in [-0.4, -0.2) is 100 Å². The quantitative estimate of drug-likeness (QED) is 0.257. The molecule has 1 N–H and O–H groups in total. The van der Waals surface area contributed by atoms with Crippen LogP contribution in [0, 0.1) is 0 Å². The number of sulfonamides is 1. The van der Waals surface area contributed by atoms with E-state index in [0.29, 0.717) is 0 Å². The number of alkyl halides is 9. The Balaban J connectivity index is 5.60. The predicted octanol–water partition coefficient (Wildman–Crippen LogP) is 2.11. The molecule has 17 heteroatoms. The highest BCUT2D eigenvalue weighted by molar-refractivity contribution is 7.90. The van der Waals surface area contributed by atoms with Crippen LogP contribution < -0.4 is 0 Å². The standard InChI is InChI=1S/C14H22F9NO6S/c1-2-28-6-3-24(4-7-29-9-10-30-8-5-25)31(26,27)14(22,23)12(17,18)11(15,16)13(19,20)21/h25H,2-10H2,1H3. The second-order valence-corrected chi connectivity index (χ2v) is 7.69. The van der Waals surface area contributed by atoms with Crippen LogP contribution in [0.4, 0.5) is 39.5 Å². The van der Waals surface area contributed by atoms with Gasteiger partial charge in [-0.05, 0) is 6.92 Å². The number of hydrogen-bond acceptors (Lipinski definition) is 6. The van der Waals surface area contributed by atoms with E-state index in [4.69, 9.17) is 19.3 Å². The third kappa shape index (κ3) is 7.05. The van der Waals surface area contributed by atoms with Crippen molar-refractivity contribution in [2.45, 2.75) is 30.2 Å². The highest BCUT2D eigenvalue weighted by atomic mass is 32.2. The van der Waals surface area contributed by atoms with Gasteiger partial charge in [0, 0.05) is 19.7 Å². The van der Waals surface area contributed by atoms with Gasteiger partial charge in [-0.2, -0.15) is 43.8 Å². The lowest BCUT2D eigenvalue weighted by atomic mass is 10.1. The molecule has 0 spiro atoms. The minimum absolute atomic E-state index is 0.0642. The van der Waals surface area contributed by atoms with E-state index in [1.807, 2.05) is 0 Å². The van der Waals surface area contributed by atoms with Crippen molar-refractivity contribution in [3.8, 4) is 0 Å². The summed E-state index contributed by atoms with van der Waals surface area (Å²) in [5, 5.41) is 1.65. The fourth-order valence-corrected chi connectivity index (χ4v) is 3.31. The van der Waals surface area contributed by atoms with Gasteiger partial charge in [0.1, 0.15) is 0 Å². The zero-order valence-electron chi connectivity index (χ0n) is 16.1. The van der Waals surface area contributed by atoms with Crippen LogP contribution in [0.3, 0.4) is 0 Å². The van der Waals surface area contributed by atoms with Crippen LogP contribution in [0.25, 0.3) is 0 Å². The minimum Gasteiger partial charge on any atom is -0.394 e. The molecule has 0 radical (unpaired) electrons. The number of hydrogen-bond donors (Lipinski definition) is 1. The molecule has 0 saturated heterocycles. The molecule has 0 aliphatic carbocycles. The van der Waals surface area contributed by atoms with E-state index in [0.717, 1.165) is 0 Å². The molecular formula is C14H22F9NO6S. The van der Waals surface area contributed by atoms with Crippen LogP contribution in [0.15, 0.2) is 0 Å². The van der Waals surface area contributed by atoms with Gasteiger partial charge < -0.3 is 19.3 Å². The van der Waals surface area contributed by atoms with Crippen molar-refractivity contribution in [2.24, 2.45) is 0 Å². The highest BCUT2D eigenvalue weighted by Gasteiger charge is 2.85. The van der Waals surface area contributed by atoms with Crippen LogP contribution in [-0.2, 0) is 24.2 Å². The third-order valence-corrected chi connectivity index (χ3v) is 5.51. The highest BCUT2D eigenvalue weighted by Crippen LogP contribution is 2.55. The topological polar surface area (TPSA) is 85.3 Å². The summed E-state index contributed by atoms with van der Waals surface area (Å²) >= 11 is 0. The molecule has 0 aromatic heterocycles. The molecule has 0 heterocycles. The van der Waals surface area contributed by atoms with E-state index in [9.17, 15) is 47.9 Å². The van der Waals surface area contributed by atoms with Crippen LogP contribution in [0.1, 0.15) is 6.92 Å². The van der Waals surface area contributed by atoms with Crippen molar-refractivity contribution in [1.82, 2.24) is 4.31 Å². The summed E-state index contributed by atoms with van der Waals surface area (Å²) < 4.78 is 156. The molecule has 7 nitrogen and oxygen atoms in total. The molecular weight excluding hydrogens is 481 g/mol. The van der Waals surface area contributed by atoms with Gasteiger partial charge in [-0.1, -0.05) is 0 Å². The molecule has 0 aliphatic rings. The number of ether oxygens (including phenoxy) is 3. The maximum Gasteiger partial charge on any atom is 0.460 e. The van der Waals surface area contributed by atoms with E-state index in [-0.39, 0.29) is 33.0 Å². The van der Waals surface area contributed by atoms with Crippen LogP contribution in [0.5, 0.6) is 0 Å². The molecule has 31 heavy (non-hydrogen) atoms. The Labute approximate surface area is 172 Å². The molecule has 0 aromatic rings. The first-order chi connectivity index (χ1) is 14.0. The normalized spacial score (nSPS) is 14.5. The largest absolute Gasteiger partial charge is 0.460 e. The van der Waals surface area contributed by atoms with E-state index in [1.54, 1.807) is 0 Å². The molecule has 0 aliphatic heterocycles. The number of nitrogens with zero attached hydrogens (tertiary/aromatic N) is 1. The zero-order valence-corrected chi connectivity index (χ0v) is 16.9. The van der Waals surface area contributed by atoms with E-state index >= 15 is 0 Å². The number of aliphatic hydroxyl groups is 1. The average Bonchev–Trinajstić information content (AvgIpc) is 2.64. The molecule has 0 atom stereocenters.